The van der Waals surface area contributed by atoms with Gasteiger partial charge in [-0.25, -0.2) is 4.39 Å². The smallest absolute Gasteiger partial charge is 0.272 e. The number of para-hydroxylation sites is 1. The van der Waals surface area contributed by atoms with Gasteiger partial charge < -0.3 is 15.4 Å². The molecule has 0 spiro atoms. The molecule has 1 aliphatic heterocycles. The second-order valence-electron chi connectivity index (χ2n) is 6.01. The van der Waals surface area contributed by atoms with Crippen molar-refractivity contribution in [1.82, 2.24) is 15.5 Å². The molecule has 4 rings (SSSR count). The second-order valence-corrected chi connectivity index (χ2v) is 6.01. The number of ether oxygens (including phenoxy) is 1. The number of halogens is 1. The number of hydrogen-bond donors (Lipinski definition) is 3. The fourth-order valence-corrected chi connectivity index (χ4v) is 2.81. The lowest BCUT2D eigenvalue weighted by atomic mass is 10.1. The maximum Gasteiger partial charge on any atom is 0.272 e. The second kappa shape index (κ2) is 6.91. The van der Waals surface area contributed by atoms with Crippen molar-refractivity contribution in [2.45, 2.75) is 12.6 Å². The minimum Gasteiger partial charge on any atom is -0.487 e. The fraction of sp³-hybridized carbons (Fsp3) is 0.105. The molecule has 7 nitrogen and oxygen atoms in total. The van der Waals surface area contributed by atoms with Gasteiger partial charge in [-0.3, -0.25) is 14.7 Å². The zero-order valence-corrected chi connectivity index (χ0v) is 14.0. The van der Waals surface area contributed by atoms with Gasteiger partial charge in [0.05, 0.1) is 5.69 Å². The summed E-state index contributed by atoms with van der Waals surface area (Å²) in [6.45, 7) is 0.211. The van der Waals surface area contributed by atoms with Crippen molar-refractivity contribution in [3.05, 3.63) is 77.4 Å². The van der Waals surface area contributed by atoms with E-state index in [9.17, 15) is 14.0 Å². The van der Waals surface area contributed by atoms with Gasteiger partial charge in [0.15, 0.2) is 0 Å². The number of rotatable bonds is 5. The van der Waals surface area contributed by atoms with Crippen molar-refractivity contribution in [3.8, 4) is 5.75 Å². The highest BCUT2D eigenvalue weighted by atomic mass is 19.1. The van der Waals surface area contributed by atoms with Crippen molar-refractivity contribution >= 4 is 17.5 Å². The quantitative estimate of drug-likeness (QED) is 0.647. The van der Waals surface area contributed by atoms with Crippen molar-refractivity contribution in [2.24, 2.45) is 0 Å². The van der Waals surface area contributed by atoms with Gasteiger partial charge in [-0.2, -0.15) is 5.10 Å². The predicted octanol–water partition coefficient (Wildman–Crippen LogP) is 2.55. The standard InChI is InChI=1S/C19H15FN4O3/c20-11-6-7-15-14(8-11)17(19(26)21-15)22-18(25)16-9-12(23-24-16)10-27-13-4-2-1-3-5-13/h1-9,17H,10H2,(H,21,26)(H,22,25)(H,23,24)/t17-/m0/s1. The summed E-state index contributed by atoms with van der Waals surface area (Å²) in [5.41, 5.74) is 1.58. The molecule has 0 radical (unpaired) electrons. The first-order valence-electron chi connectivity index (χ1n) is 8.23. The van der Waals surface area contributed by atoms with Crippen LogP contribution in [0.25, 0.3) is 0 Å². The number of nitrogens with zero attached hydrogens (tertiary/aromatic N) is 1. The lowest BCUT2D eigenvalue weighted by molar-refractivity contribution is -0.117. The third kappa shape index (κ3) is 3.50. The van der Waals surface area contributed by atoms with E-state index in [0.717, 1.165) is 0 Å². The van der Waals surface area contributed by atoms with Crippen LogP contribution in [0, 0.1) is 5.82 Å². The number of carbonyl (C=O) groups excluding carboxylic acids is 2. The van der Waals surface area contributed by atoms with Gasteiger partial charge in [0.2, 0.25) is 0 Å². The Morgan fingerprint density at radius 3 is 2.81 bits per heavy atom. The Morgan fingerprint density at radius 1 is 1.19 bits per heavy atom. The minimum atomic E-state index is -0.969. The van der Waals surface area contributed by atoms with Crippen LogP contribution in [0.15, 0.2) is 54.6 Å². The molecule has 0 saturated carbocycles. The molecular weight excluding hydrogens is 351 g/mol. The number of fused-ring (bicyclic) bond motifs is 1. The van der Waals surface area contributed by atoms with E-state index in [1.165, 1.54) is 24.3 Å². The number of hydrogen-bond acceptors (Lipinski definition) is 4. The molecule has 2 amide bonds. The van der Waals surface area contributed by atoms with Gasteiger partial charge in [0, 0.05) is 11.3 Å². The molecule has 2 aromatic carbocycles. The molecule has 0 bridgehead atoms. The van der Waals surface area contributed by atoms with E-state index in [0.29, 0.717) is 22.7 Å². The number of anilines is 1. The maximum atomic E-state index is 13.5. The average molecular weight is 366 g/mol. The molecule has 27 heavy (non-hydrogen) atoms. The molecule has 0 saturated heterocycles. The first-order chi connectivity index (χ1) is 13.1. The summed E-state index contributed by atoms with van der Waals surface area (Å²) in [7, 11) is 0. The molecule has 3 N–H and O–H groups in total. The van der Waals surface area contributed by atoms with Gasteiger partial charge in [-0.1, -0.05) is 18.2 Å². The molecule has 1 aliphatic rings. The summed E-state index contributed by atoms with van der Waals surface area (Å²) >= 11 is 0. The SMILES string of the molecule is O=C(N[C@@H]1C(=O)Nc2ccc(F)cc21)c1cc(COc2ccccc2)[nH]n1. The molecule has 8 heteroatoms. The van der Waals surface area contributed by atoms with Gasteiger partial charge in [-0.05, 0) is 36.4 Å². The van der Waals surface area contributed by atoms with Crippen LogP contribution in [-0.2, 0) is 11.4 Å². The summed E-state index contributed by atoms with van der Waals surface area (Å²) in [5, 5.41) is 11.9. The lowest BCUT2D eigenvalue weighted by Gasteiger charge is -2.10. The average Bonchev–Trinajstić information content (AvgIpc) is 3.26. The number of carbonyl (C=O) groups is 2. The largest absolute Gasteiger partial charge is 0.487 e. The van der Waals surface area contributed by atoms with Crippen LogP contribution in [0.5, 0.6) is 5.75 Å². The highest BCUT2D eigenvalue weighted by molar-refractivity contribution is 6.05. The number of aromatic nitrogens is 2. The maximum absolute atomic E-state index is 13.5. The third-order valence-corrected chi connectivity index (χ3v) is 4.12. The van der Waals surface area contributed by atoms with E-state index in [2.05, 4.69) is 20.8 Å². The molecule has 2 heterocycles. The zero-order chi connectivity index (χ0) is 18.8. The van der Waals surface area contributed by atoms with Gasteiger partial charge >= 0.3 is 0 Å². The first-order valence-corrected chi connectivity index (χ1v) is 8.23. The van der Waals surface area contributed by atoms with E-state index >= 15 is 0 Å². The van der Waals surface area contributed by atoms with Gasteiger partial charge in [0.1, 0.15) is 29.9 Å². The molecule has 0 fully saturated rings. The number of nitrogens with one attached hydrogen (secondary N) is 3. The molecule has 3 aromatic rings. The van der Waals surface area contributed by atoms with Crippen molar-refractivity contribution in [2.75, 3.05) is 5.32 Å². The molecule has 1 aromatic heterocycles. The van der Waals surface area contributed by atoms with Gasteiger partial charge in [-0.15, -0.1) is 0 Å². The summed E-state index contributed by atoms with van der Waals surface area (Å²) in [6.07, 6.45) is 0. The van der Waals surface area contributed by atoms with Crippen molar-refractivity contribution in [3.63, 3.8) is 0 Å². The Labute approximate surface area is 153 Å². The van der Waals surface area contributed by atoms with Crippen LogP contribution >= 0.6 is 0 Å². The summed E-state index contributed by atoms with van der Waals surface area (Å²) in [4.78, 5) is 24.5. The molecule has 0 aliphatic carbocycles. The van der Waals surface area contributed by atoms with Crippen LogP contribution in [-0.4, -0.2) is 22.0 Å². The summed E-state index contributed by atoms with van der Waals surface area (Å²) in [5.74, 6) is -0.759. The van der Waals surface area contributed by atoms with Crippen LogP contribution in [0.2, 0.25) is 0 Å². The van der Waals surface area contributed by atoms with Crippen molar-refractivity contribution < 1.29 is 18.7 Å². The molecule has 136 valence electrons. The Morgan fingerprint density at radius 2 is 2.00 bits per heavy atom. The Balaban J connectivity index is 1.43. The van der Waals surface area contributed by atoms with Crippen LogP contribution in [0.3, 0.4) is 0 Å². The normalized spacial score (nSPS) is 15.1. The predicted molar refractivity (Wildman–Crippen MR) is 94.6 cm³/mol. The van der Waals surface area contributed by atoms with E-state index in [4.69, 9.17) is 4.74 Å². The van der Waals surface area contributed by atoms with Crippen LogP contribution in [0.1, 0.15) is 27.8 Å². The molecular formula is C19H15FN4O3. The minimum absolute atomic E-state index is 0.110. The van der Waals surface area contributed by atoms with Crippen LogP contribution < -0.4 is 15.4 Å². The number of amides is 2. The fourth-order valence-electron chi connectivity index (χ4n) is 2.81. The Kier molecular flexibility index (Phi) is 4.29. The molecule has 0 unspecified atom stereocenters. The Hall–Kier alpha value is -3.68. The monoisotopic (exact) mass is 366 g/mol. The molecule has 1 atom stereocenters. The van der Waals surface area contributed by atoms with Gasteiger partial charge in [0.25, 0.3) is 11.8 Å². The lowest BCUT2D eigenvalue weighted by Crippen LogP contribution is -2.33. The summed E-state index contributed by atoms with van der Waals surface area (Å²) < 4.78 is 19.1. The van der Waals surface area contributed by atoms with E-state index in [1.54, 1.807) is 0 Å². The van der Waals surface area contributed by atoms with E-state index in [-0.39, 0.29) is 12.3 Å². The van der Waals surface area contributed by atoms with E-state index < -0.39 is 23.7 Å². The highest BCUT2D eigenvalue weighted by Crippen LogP contribution is 2.31. The number of benzene rings is 2. The number of H-pyrrole nitrogens is 1. The van der Waals surface area contributed by atoms with E-state index in [1.807, 2.05) is 30.3 Å². The Bertz CT molecular complexity index is 1000. The summed E-state index contributed by atoms with van der Waals surface area (Å²) in [6, 6.07) is 13.7. The third-order valence-electron chi connectivity index (χ3n) is 4.12. The van der Waals surface area contributed by atoms with Crippen molar-refractivity contribution in [1.29, 1.82) is 0 Å². The number of aromatic amines is 1. The van der Waals surface area contributed by atoms with Crippen LogP contribution in [0.4, 0.5) is 10.1 Å². The zero-order valence-electron chi connectivity index (χ0n) is 14.0. The topological polar surface area (TPSA) is 96.1 Å². The highest BCUT2D eigenvalue weighted by Gasteiger charge is 2.32. The first kappa shape index (κ1) is 16.8.